The minimum Gasteiger partial charge on any atom is -0.394 e. The second kappa shape index (κ2) is 11.6. The molecule has 3 heterocycles. The molecule has 0 amide bonds. The minimum absolute atomic E-state index is 0.741. The van der Waals surface area contributed by atoms with Gasteiger partial charge in [-0.25, -0.2) is 0 Å². The van der Waals surface area contributed by atoms with Gasteiger partial charge in [0.2, 0.25) is 0 Å². The highest BCUT2D eigenvalue weighted by molar-refractivity contribution is 4.96. The lowest BCUT2D eigenvalue weighted by Crippen LogP contribution is -2.66. The molecule has 0 spiro atoms. The van der Waals surface area contributed by atoms with Crippen LogP contribution in [0.5, 0.6) is 0 Å². The minimum atomic E-state index is -1.91. The van der Waals surface area contributed by atoms with Crippen LogP contribution in [0.1, 0.15) is 0 Å². The fourth-order valence-corrected chi connectivity index (χ4v) is 4.06. The van der Waals surface area contributed by atoms with Gasteiger partial charge in [0.15, 0.2) is 18.9 Å². The van der Waals surface area contributed by atoms with Crippen LogP contribution in [0.2, 0.25) is 0 Å². The highest BCUT2D eigenvalue weighted by Crippen LogP contribution is 2.32. The summed E-state index contributed by atoms with van der Waals surface area (Å²) in [4.78, 5) is 0. The molecule has 16 heteroatoms. The molecule has 3 aliphatic heterocycles. The van der Waals surface area contributed by atoms with E-state index in [-0.39, 0.29) is 0 Å². The zero-order chi connectivity index (χ0) is 25.3. The molecular formula is C18H32O16. The van der Waals surface area contributed by atoms with Crippen LogP contribution in [0.3, 0.4) is 0 Å². The van der Waals surface area contributed by atoms with E-state index in [1.165, 1.54) is 0 Å². The standard InChI is InChI=1S/C18H32O16/c19-1-4-7(22)8(23)12(27)17(31-4)34-15-6(3-21)32-18(13(28)10(15)25)33-14-5(2-20)30-16(29)11(26)9(14)24/h4-29H,1-3H2/t4-,5+,6+,7+,8-,9+,10+,11-,12+,13-,14+,15+,16+,17-,18-/m0/s1. The van der Waals surface area contributed by atoms with Gasteiger partial charge in [-0.15, -0.1) is 0 Å². The van der Waals surface area contributed by atoms with Crippen molar-refractivity contribution in [2.45, 2.75) is 92.1 Å². The quantitative estimate of drug-likeness (QED) is 0.154. The Morgan fingerprint density at radius 3 is 1.35 bits per heavy atom. The average Bonchev–Trinajstić information content (AvgIpc) is 2.83. The number of aliphatic hydroxyl groups excluding tert-OH is 11. The number of ether oxygens (including phenoxy) is 5. The molecule has 0 aromatic heterocycles. The van der Waals surface area contributed by atoms with Gasteiger partial charge in [0.1, 0.15) is 73.2 Å². The first-order valence-corrected chi connectivity index (χ1v) is 10.6. The first-order valence-electron chi connectivity index (χ1n) is 10.6. The molecule has 34 heavy (non-hydrogen) atoms. The fraction of sp³-hybridized carbons (Fsp3) is 1.00. The maximum absolute atomic E-state index is 10.6. The van der Waals surface area contributed by atoms with Crippen LogP contribution in [-0.2, 0) is 23.7 Å². The van der Waals surface area contributed by atoms with Gasteiger partial charge in [-0.3, -0.25) is 0 Å². The van der Waals surface area contributed by atoms with Crippen molar-refractivity contribution in [1.29, 1.82) is 0 Å². The second-order valence-corrected chi connectivity index (χ2v) is 8.33. The normalized spacial score (nSPS) is 52.5. The van der Waals surface area contributed by atoms with Gasteiger partial charge in [0, 0.05) is 0 Å². The van der Waals surface area contributed by atoms with E-state index in [2.05, 4.69) is 0 Å². The molecule has 0 aromatic rings. The molecule has 200 valence electrons. The van der Waals surface area contributed by atoms with Gasteiger partial charge in [-0.2, -0.15) is 0 Å². The molecule has 0 bridgehead atoms. The summed E-state index contributed by atoms with van der Waals surface area (Å²) in [5.41, 5.74) is 0. The maximum atomic E-state index is 10.6. The van der Waals surface area contributed by atoms with Gasteiger partial charge >= 0.3 is 0 Å². The van der Waals surface area contributed by atoms with Crippen LogP contribution in [0.25, 0.3) is 0 Å². The topological polar surface area (TPSA) is 269 Å². The van der Waals surface area contributed by atoms with E-state index in [0.717, 1.165) is 0 Å². The number of hydrogen-bond acceptors (Lipinski definition) is 16. The maximum Gasteiger partial charge on any atom is 0.187 e. The van der Waals surface area contributed by atoms with E-state index in [0.29, 0.717) is 0 Å². The van der Waals surface area contributed by atoms with E-state index in [9.17, 15) is 56.2 Å². The largest absolute Gasteiger partial charge is 0.394 e. The van der Waals surface area contributed by atoms with Crippen molar-refractivity contribution >= 4 is 0 Å². The monoisotopic (exact) mass is 504 g/mol. The van der Waals surface area contributed by atoms with Crippen LogP contribution >= 0.6 is 0 Å². The van der Waals surface area contributed by atoms with Crippen LogP contribution < -0.4 is 0 Å². The Morgan fingerprint density at radius 1 is 0.441 bits per heavy atom. The van der Waals surface area contributed by atoms with Gasteiger partial charge < -0.3 is 79.9 Å². The summed E-state index contributed by atoms with van der Waals surface area (Å²) in [6, 6.07) is 0. The predicted octanol–water partition coefficient (Wildman–Crippen LogP) is -7.57. The summed E-state index contributed by atoms with van der Waals surface area (Å²) in [7, 11) is 0. The van der Waals surface area contributed by atoms with Crippen molar-refractivity contribution in [3.8, 4) is 0 Å². The van der Waals surface area contributed by atoms with Crippen LogP contribution in [0.4, 0.5) is 0 Å². The Hall–Kier alpha value is -0.640. The Kier molecular flexibility index (Phi) is 9.54. The smallest absolute Gasteiger partial charge is 0.187 e. The van der Waals surface area contributed by atoms with Gasteiger partial charge in [0.05, 0.1) is 19.8 Å². The molecule has 0 aliphatic carbocycles. The average molecular weight is 504 g/mol. The predicted molar refractivity (Wildman–Crippen MR) is 101 cm³/mol. The molecule has 0 unspecified atom stereocenters. The van der Waals surface area contributed by atoms with Crippen LogP contribution in [0.15, 0.2) is 0 Å². The molecule has 16 nitrogen and oxygen atoms in total. The molecule has 3 fully saturated rings. The third-order valence-electron chi connectivity index (χ3n) is 6.09. The summed E-state index contributed by atoms with van der Waals surface area (Å²) in [5, 5.41) is 109. The molecule has 15 atom stereocenters. The van der Waals surface area contributed by atoms with Gasteiger partial charge in [-0.1, -0.05) is 0 Å². The van der Waals surface area contributed by atoms with E-state index in [1.807, 2.05) is 0 Å². The molecule has 0 radical (unpaired) electrons. The lowest BCUT2D eigenvalue weighted by Gasteiger charge is -2.47. The third-order valence-corrected chi connectivity index (χ3v) is 6.09. The lowest BCUT2D eigenvalue weighted by molar-refractivity contribution is -0.377. The first kappa shape index (κ1) is 27.9. The molecule has 11 N–H and O–H groups in total. The Labute approximate surface area is 192 Å². The van der Waals surface area contributed by atoms with Crippen molar-refractivity contribution in [1.82, 2.24) is 0 Å². The van der Waals surface area contributed by atoms with E-state index in [1.54, 1.807) is 0 Å². The molecule has 0 aromatic carbocycles. The molecular weight excluding hydrogens is 472 g/mol. The van der Waals surface area contributed by atoms with Crippen molar-refractivity contribution in [3.63, 3.8) is 0 Å². The fourth-order valence-electron chi connectivity index (χ4n) is 4.06. The summed E-state index contributed by atoms with van der Waals surface area (Å²) >= 11 is 0. The van der Waals surface area contributed by atoms with Gasteiger partial charge in [0.25, 0.3) is 0 Å². The summed E-state index contributed by atoms with van der Waals surface area (Å²) in [6.07, 6.45) is -25.1. The Balaban J connectivity index is 1.72. The highest BCUT2D eigenvalue weighted by atomic mass is 16.8. The summed E-state index contributed by atoms with van der Waals surface area (Å²) in [6.45, 7) is -2.32. The van der Waals surface area contributed by atoms with E-state index in [4.69, 9.17) is 23.7 Å². The van der Waals surface area contributed by atoms with E-state index >= 15 is 0 Å². The number of aliphatic hydroxyl groups is 11. The molecule has 3 aliphatic rings. The van der Waals surface area contributed by atoms with Crippen molar-refractivity contribution < 1.29 is 79.9 Å². The molecule has 3 saturated heterocycles. The first-order chi connectivity index (χ1) is 16.0. The third kappa shape index (κ3) is 5.37. The van der Waals surface area contributed by atoms with Crippen molar-refractivity contribution in [3.05, 3.63) is 0 Å². The second-order valence-electron chi connectivity index (χ2n) is 8.33. The number of rotatable bonds is 7. The van der Waals surface area contributed by atoms with Crippen LogP contribution in [-0.4, -0.2) is 168 Å². The highest BCUT2D eigenvalue weighted by Gasteiger charge is 2.53. The summed E-state index contributed by atoms with van der Waals surface area (Å²) in [5.74, 6) is 0. The summed E-state index contributed by atoms with van der Waals surface area (Å²) < 4.78 is 26.4. The molecule has 0 saturated carbocycles. The van der Waals surface area contributed by atoms with Crippen molar-refractivity contribution in [2.24, 2.45) is 0 Å². The lowest BCUT2D eigenvalue weighted by atomic mass is 9.96. The van der Waals surface area contributed by atoms with Gasteiger partial charge in [-0.05, 0) is 0 Å². The number of hydrogen-bond donors (Lipinski definition) is 11. The van der Waals surface area contributed by atoms with Crippen LogP contribution in [0, 0.1) is 0 Å². The Bertz CT molecular complexity index is 635. The van der Waals surface area contributed by atoms with E-state index < -0.39 is 112 Å². The SMILES string of the molecule is OC[C@@H]1O[C@@H](O[C@H]2[C@H](O)[C@H](O)[C@H](O[C@H]3[C@H](O)[C@H](O)[C@H](O)O[C@@H]3CO)O[C@@H]2CO)[C@H](O)[C@@H](O)[C@@H]1O. The Morgan fingerprint density at radius 2 is 0.853 bits per heavy atom. The zero-order valence-electron chi connectivity index (χ0n) is 17.7. The van der Waals surface area contributed by atoms with Crippen molar-refractivity contribution in [2.75, 3.05) is 19.8 Å². The zero-order valence-corrected chi connectivity index (χ0v) is 17.7. The molecule has 3 rings (SSSR count).